The number of nitrogens with zero attached hydrogens (tertiary/aromatic N) is 1. The van der Waals surface area contributed by atoms with E-state index in [9.17, 15) is 0 Å². The van der Waals surface area contributed by atoms with Crippen molar-refractivity contribution in [2.75, 3.05) is 13.1 Å². The summed E-state index contributed by atoms with van der Waals surface area (Å²) in [6.45, 7) is 5.83. The minimum absolute atomic E-state index is 0.629. The molecule has 0 unspecified atom stereocenters. The van der Waals surface area contributed by atoms with E-state index < -0.39 is 0 Å². The van der Waals surface area contributed by atoms with E-state index in [1.807, 2.05) is 12.3 Å². The largest absolute Gasteiger partial charge is 0.315 e. The van der Waals surface area contributed by atoms with E-state index in [1.165, 1.54) is 5.69 Å². The smallest absolute Gasteiger partial charge is 0.0460 e. The number of hydrogen-bond donors (Lipinski definition) is 1. The molecule has 2 rings (SSSR count). The third-order valence-corrected chi connectivity index (χ3v) is 2.24. The second-order valence-corrected chi connectivity index (χ2v) is 3.08. The molecule has 0 aromatic carbocycles. The highest BCUT2D eigenvalue weighted by Crippen LogP contribution is 2.17. The lowest BCUT2D eigenvalue weighted by molar-refractivity contribution is 0.440. The summed E-state index contributed by atoms with van der Waals surface area (Å²) < 4.78 is 0. The SMILES string of the molecule is C=Cc1ccc(C2CNC2)nc1. The van der Waals surface area contributed by atoms with Crippen LogP contribution in [0.3, 0.4) is 0 Å². The highest BCUT2D eigenvalue weighted by Gasteiger charge is 2.19. The number of aromatic nitrogens is 1. The van der Waals surface area contributed by atoms with Crippen molar-refractivity contribution in [2.45, 2.75) is 5.92 Å². The molecule has 1 N–H and O–H groups in total. The monoisotopic (exact) mass is 160 g/mol. The molecular formula is C10H12N2. The standard InChI is InChI=1S/C10H12N2/c1-2-8-3-4-10(12-5-8)9-6-11-7-9/h2-5,9,11H,1,6-7H2. The first kappa shape index (κ1) is 7.50. The van der Waals surface area contributed by atoms with Crippen LogP contribution >= 0.6 is 0 Å². The molecule has 0 amide bonds. The van der Waals surface area contributed by atoms with Gasteiger partial charge in [-0.2, -0.15) is 0 Å². The van der Waals surface area contributed by atoms with E-state index in [0.29, 0.717) is 5.92 Å². The van der Waals surface area contributed by atoms with E-state index >= 15 is 0 Å². The molecule has 2 heteroatoms. The summed E-state index contributed by atoms with van der Waals surface area (Å²) in [5, 5.41) is 3.23. The van der Waals surface area contributed by atoms with Crippen LogP contribution in [0.5, 0.6) is 0 Å². The zero-order chi connectivity index (χ0) is 8.39. The fraction of sp³-hybridized carbons (Fsp3) is 0.300. The Kier molecular flexibility index (Phi) is 1.92. The maximum atomic E-state index is 4.36. The molecule has 1 fully saturated rings. The third kappa shape index (κ3) is 1.25. The normalized spacial score (nSPS) is 17.0. The molecule has 1 aliphatic rings. The van der Waals surface area contributed by atoms with Gasteiger partial charge in [0.15, 0.2) is 0 Å². The predicted octanol–water partition coefficient (Wildman–Crippen LogP) is 1.41. The Balaban J connectivity index is 2.18. The average Bonchev–Trinajstić information content (AvgIpc) is 2.03. The van der Waals surface area contributed by atoms with Gasteiger partial charge in [0.25, 0.3) is 0 Å². The number of rotatable bonds is 2. The van der Waals surface area contributed by atoms with Gasteiger partial charge in [-0.25, -0.2) is 0 Å². The molecule has 1 aromatic heterocycles. The van der Waals surface area contributed by atoms with Gasteiger partial charge < -0.3 is 5.32 Å². The maximum Gasteiger partial charge on any atom is 0.0460 e. The molecular weight excluding hydrogens is 148 g/mol. The fourth-order valence-electron chi connectivity index (χ4n) is 1.28. The Morgan fingerprint density at radius 2 is 2.33 bits per heavy atom. The number of pyridine rings is 1. The quantitative estimate of drug-likeness (QED) is 0.707. The second kappa shape index (κ2) is 3.07. The highest BCUT2D eigenvalue weighted by molar-refractivity contribution is 5.45. The first-order chi connectivity index (χ1) is 5.90. The van der Waals surface area contributed by atoms with Gasteiger partial charge >= 0.3 is 0 Å². The topological polar surface area (TPSA) is 24.9 Å². The number of nitrogens with one attached hydrogen (secondary N) is 1. The molecule has 2 heterocycles. The summed E-state index contributed by atoms with van der Waals surface area (Å²) >= 11 is 0. The van der Waals surface area contributed by atoms with Gasteiger partial charge in [0.05, 0.1) is 0 Å². The van der Waals surface area contributed by atoms with E-state index in [-0.39, 0.29) is 0 Å². The van der Waals surface area contributed by atoms with Gasteiger partial charge in [-0.15, -0.1) is 0 Å². The van der Waals surface area contributed by atoms with Crippen LogP contribution in [0.4, 0.5) is 0 Å². The fourth-order valence-corrected chi connectivity index (χ4v) is 1.28. The zero-order valence-corrected chi connectivity index (χ0v) is 6.96. The average molecular weight is 160 g/mol. The van der Waals surface area contributed by atoms with Crippen LogP contribution in [0.15, 0.2) is 24.9 Å². The molecule has 1 aromatic rings. The molecule has 2 nitrogen and oxygen atoms in total. The Morgan fingerprint density at radius 1 is 1.50 bits per heavy atom. The summed E-state index contributed by atoms with van der Waals surface area (Å²) in [5.74, 6) is 0.629. The summed E-state index contributed by atoms with van der Waals surface area (Å²) in [4.78, 5) is 4.36. The van der Waals surface area contributed by atoms with Crippen molar-refractivity contribution < 1.29 is 0 Å². The van der Waals surface area contributed by atoms with Crippen LogP contribution in [-0.4, -0.2) is 18.1 Å². The van der Waals surface area contributed by atoms with Gasteiger partial charge in [0.1, 0.15) is 0 Å². The van der Waals surface area contributed by atoms with Crippen molar-refractivity contribution in [3.8, 4) is 0 Å². The predicted molar refractivity (Wildman–Crippen MR) is 49.9 cm³/mol. The minimum Gasteiger partial charge on any atom is -0.315 e. The van der Waals surface area contributed by atoms with Gasteiger partial charge in [-0.3, -0.25) is 4.98 Å². The lowest BCUT2D eigenvalue weighted by Gasteiger charge is -2.26. The van der Waals surface area contributed by atoms with Crippen molar-refractivity contribution in [1.82, 2.24) is 10.3 Å². The third-order valence-electron chi connectivity index (χ3n) is 2.24. The van der Waals surface area contributed by atoms with Crippen LogP contribution in [-0.2, 0) is 0 Å². The van der Waals surface area contributed by atoms with Crippen LogP contribution in [0, 0.1) is 0 Å². The van der Waals surface area contributed by atoms with Gasteiger partial charge in [-0.05, 0) is 11.6 Å². The molecule has 0 bridgehead atoms. The van der Waals surface area contributed by atoms with Gasteiger partial charge in [-0.1, -0.05) is 18.7 Å². The van der Waals surface area contributed by atoms with Gasteiger partial charge in [0.2, 0.25) is 0 Å². The lowest BCUT2D eigenvalue weighted by atomic mass is 9.98. The first-order valence-electron chi connectivity index (χ1n) is 4.19. The van der Waals surface area contributed by atoms with Crippen LogP contribution in [0.1, 0.15) is 17.2 Å². The van der Waals surface area contributed by atoms with E-state index in [0.717, 1.165) is 18.7 Å². The first-order valence-corrected chi connectivity index (χ1v) is 4.19. The Labute approximate surface area is 72.3 Å². The van der Waals surface area contributed by atoms with Crippen LogP contribution < -0.4 is 5.32 Å². The summed E-state index contributed by atoms with van der Waals surface area (Å²) in [7, 11) is 0. The maximum absolute atomic E-state index is 4.36. The van der Waals surface area contributed by atoms with Crippen LogP contribution in [0.25, 0.3) is 6.08 Å². The van der Waals surface area contributed by atoms with E-state index in [4.69, 9.17) is 0 Å². The molecule has 12 heavy (non-hydrogen) atoms. The van der Waals surface area contributed by atoms with Crippen molar-refractivity contribution in [2.24, 2.45) is 0 Å². The Morgan fingerprint density at radius 3 is 2.75 bits per heavy atom. The highest BCUT2D eigenvalue weighted by atomic mass is 15.0. The van der Waals surface area contributed by atoms with Crippen molar-refractivity contribution in [3.63, 3.8) is 0 Å². The van der Waals surface area contributed by atoms with Crippen molar-refractivity contribution >= 4 is 6.08 Å². The van der Waals surface area contributed by atoms with E-state index in [1.54, 1.807) is 0 Å². The Bertz CT molecular complexity index is 272. The molecule has 0 saturated carbocycles. The molecule has 0 atom stereocenters. The zero-order valence-electron chi connectivity index (χ0n) is 6.96. The number of hydrogen-bond acceptors (Lipinski definition) is 2. The van der Waals surface area contributed by atoms with E-state index in [2.05, 4.69) is 29.0 Å². The molecule has 0 spiro atoms. The second-order valence-electron chi connectivity index (χ2n) is 3.08. The minimum atomic E-state index is 0.629. The molecule has 1 saturated heterocycles. The van der Waals surface area contributed by atoms with Gasteiger partial charge in [0, 0.05) is 30.9 Å². The van der Waals surface area contributed by atoms with Crippen molar-refractivity contribution in [3.05, 3.63) is 36.2 Å². The molecule has 0 radical (unpaired) electrons. The summed E-state index contributed by atoms with van der Waals surface area (Å²) in [5.41, 5.74) is 2.28. The molecule has 1 aliphatic heterocycles. The van der Waals surface area contributed by atoms with Crippen LogP contribution in [0.2, 0.25) is 0 Å². The summed E-state index contributed by atoms with van der Waals surface area (Å²) in [6, 6.07) is 4.15. The lowest BCUT2D eigenvalue weighted by Crippen LogP contribution is -2.40. The molecule has 62 valence electrons. The summed E-state index contributed by atoms with van der Waals surface area (Å²) in [6.07, 6.45) is 3.69. The van der Waals surface area contributed by atoms with Crippen molar-refractivity contribution in [1.29, 1.82) is 0 Å². The Hall–Kier alpha value is -1.15. The molecule has 0 aliphatic carbocycles.